The third-order valence-corrected chi connectivity index (χ3v) is 3.39. The first kappa shape index (κ1) is 17.5. The Morgan fingerprint density at radius 1 is 1.24 bits per heavy atom. The fourth-order valence-corrected chi connectivity index (χ4v) is 2.42. The predicted octanol–water partition coefficient (Wildman–Crippen LogP) is 2.15. The topological polar surface area (TPSA) is 72.9 Å². The van der Waals surface area contributed by atoms with Crippen molar-refractivity contribution in [3.8, 4) is 0 Å². The SMILES string of the molecule is COC(=O)C1CC(CCC(C)=O)CN1C(=O)OC(C)(C)C. The predicted molar refractivity (Wildman–Crippen MR) is 76.8 cm³/mol. The molecule has 2 unspecified atom stereocenters. The molecule has 1 amide bonds. The van der Waals surface area contributed by atoms with Crippen molar-refractivity contribution in [3.63, 3.8) is 0 Å². The summed E-state index contributed by atoms with van der Waals surface area (Å²) in [5.74, 6) is -0.211. The van der Waals surface area contributed by atoms with Crippen molar-refractivity contribution in [1.29, 1.82) is 0 Å². The second-order valence-corrected chi connectivity index (χ2v) is 6.51. The molecule has 0 aromatic rings. The zero-order valence-corrected chi connectivity index (χ0v) is 13.5. The molecule has 1 aliphatic rings. The number of carbonyl (C=O) groups is 3. The van der Waals surface area contributed by atoms with E-state index in [1.807, 2.05) is 0 Å². The van der Waals surface area contributed by atoms with Gasteiger partial charge in [-0.15, -0.1) is 0 Å². The van der Waals surface area contributed by atoms with E-state index in [9.17, 15) is 14.4 Å². The molecule has 1 saturated heterocycles. The van der Waals surface area contributed by atoms with Gasteiger partial charge in [0.05, 0.1) is 7.11 Å². The van der Waals surface area contributed by atoms with Crippen LogP contribution in [0.3, 0.4) is 0 Å². The molecule has 2 atom stereocenters. The molecule has 21 heavy (non-hydrogen) atoms. The number of nitrogens with zero attached hydrogens (tertiary/aromatic N) is 1. The van der Waals surface area contributed by atoms with Crippen LogP contribution in [0.2, 0.25) is 0 Å². The maximum atomic E-state index is 12.2. The number of hydrogen-bond acceptors (Lipinski definition) is 5. The van der Waals surface area contributed by atoms with E-state index < -0.39 is 23.7 Å². The number of ether oxygens (including phenoxy) is 2. The van der Waals surface area contributed by atoms with Crippen molar-refractivity contribution < 1.29 is 23.9 Å². The molecular weight excluding hydrogens is 274 g/mol. The first-order valence-corrected chi connectivity index (χ1v) is 7.21. The Morgan fingerprint density at radius 2 is 1.86 bits per heavy atom. The van der Waals surface area contributed by atoms with Crippen LogP contribution in [0.1, 0.15) is 47.0 Å². The summed E-state index contributed by atoms with van der Waals surface area (Å²) in [6.07, 6.45) is 1.13. The summed E-state index contributed by atoms with van der Waals surface area (Å²) in [7, 11) is 1.30. The van der Waals surface area contributed by atoms with Gasteiger partial charge >= 0.3 is 12.1 Å². The number of hydrogen-bond donors (Lipinski definition) is 0. The van der Waals surface area contributed by atoms with Crippen LogP contribution < -0.4 is 0 Å². The van der Waals surface area contributed by atoms with Crippen molar-refractivity contribution in [3.05, 3.63) is 0 Å². The van der Waals surface area contributed by atoms with Gasteiger partial charge in [-0.25, -0.2) is 9.59 Å². The highest BCUT2D eigenvalue weighted by molar-refractivity contribution is 5.82. The largest absolute Gasteiger partial charge is 0.467 e. The lowest BCUT2D eigenvalue weighted by Gasteiger charge is -2.27. The van der Waals surface area contributed by atoms with Crippen LogP contribution in [-0.2, 0) is 19.1 Å². The minimum Gasteiger partial charge on any atom is -0.467 e. The molecule has 1 rings (SSSR count). The van der Waals surface area contributed by atoms with Crippen LogP contribution in [0, 0.1) is 5.92 Å². The van der Waals surface area contributed by atoms with Crippen molar-refractivity contribution in [2.24, 2.45) is 5.92 Å². The van der Waals surface area contributed by atoms with Crippen LogP contribution in [0.5, 0.6) is 0 Å². The van der Waals surface area contributed by atoms with E-state index in [0.29, 0.717) is 25.8 Å². The second-order valence-electron chi connectivity index (χ2n) is 6.51. The number of Topliss-reactive ketones (excluding diaryl/α,β-unsaturated/α-hetero) is 1. The average molecular weight is 299 g/mol. The molecule has 0 aromatic carbocycles. The lowest BCUT2D eigenvalue weighted by atomic mass is 9.99. The zero-order chi connectivity index (χ0) is 16.2. The molecule has 0 radical (unpaired) electrons. The summed E-state index contributed by atoms with van der Waals surface area (Å²) in [5, 5.41) is 0. The third-order valence-electron chi connectivity index (χ3n) is 3.39. The molecule has 0 aromatic heterocycles. The summed E-state index contributed by atoms with van der Waals surface area (Å²) in [4.78, 5) is 36.5. The van der Waals surface area contributed by atoms with Gasteiger partial charge in [0, 0.05) is 13.0 Å². The van der Waals surface area contributed by atoms with E-state index in [2.05, 4.69) is 0 Å². The summed E-state index contributed by atoms with van der Waals surface area (Å²) < 4.78 is 10.1. The minimum atomic E-state index is -0.623. The van der Waals surface area contributed by atoms with Gasteiger partial charge in [0.1, 0.15) is 17.4 Å². The minimum absolute atomic E-state index is 0.111. The Morgan fingerprint density at radius 3 is 2.33 bits per heavy atom. The number of ketones is 1. The molecular formula is C15H25NO5. The Bertz CT molecular complexity index is 413. The Balaban J connectivity index is 2.75. The Kier molecular flexibility index (Phi) is 5.75. The van der Waals surface area contributed by atoms with Crippen LogP contribution in [-0.4, -0.2) is 48.0 Å². The fourth-order valence-electron chi connectivity index (χ4n) is 2.42. The quantitative estimate of drug-likeness (QED) is 0.744. The maximum absolute atomic E-state index is 12.2. The van der Waals surface area contributed by atoms with Crippen molar-refractivity contribution >= 4 is 17.8 Å². The molecule has 1 fully saturated rings. The summed E-state index contributed by atoms with van der Waals surface area (Å²) >= 11 is 0. The first-order chi connectivity index (χ1) is 9.64. The monoisotopic (exact) mass is 299 g/mol. The number of esters is 1. The van der Waals surface area contributed by atoms with Gasteiger partial charge in [0.15, 0.2) is 0 Å². The van der Waals surface area contributed by atoms with Gasteiger partial charge in [0.2, 0.25) is 0 Å². The molecule has 0 aliphatic carbocycles. The van der Waals surface area contributed by atoms with Crippen LogP contribution >= 0.6 is 0 Å². The highest BCUT2D eigenvalue weighted by Gasteiger charge is 2.41. The summed E-state index contributed by atoms with van der Waals surface area (Å²) in [6, 6.07) is -0.623. The molecule has 1 heterocycles. The van der Waals surface area contributed by atoms with E-state index in [4.69, 9.17) is 9.47 Å². The van der Waals surface area contributed by atoms with Crippen LogP contribution in [0.4, 0.5) is 4.79 Å². The fraction of sp³-hybridized carbons (Fsp3) is 0.800. The number of carbonyl (C=O) groups excluding carboxylic acids is 3. The van der Waals surface area contributed by atoms with Crippen molar-refractivity contribution in [1.82, 2.24) is 4.90 Å². The van der Waals surface area contributed by atoms with Crippen LogP contribution in [0.15, 0.2) is 0 Å². The molecule has 0 spiro atoms. The molecule has 0 saturated carbocycles. The molecule has 0 bridgehead atoms. The number of likely N-dealkylation sites (tertiary alicyclic amines) is 1. The van der Waals surface area contributed by atoms with E-state index >= 15 is 0 Å². The van der Waals surface area contributed by atoms with Gasteiger partial charge in [-0.1, -0.05) is 0 Å². The molecule has 6 heteroatoms. The summed E-state index contributed by atoms with van der Waals surface area (Å²) in [5.41, 5.74) is -0.616. The molecule has 0 N–H and O–H groups in total. The lowest BCUT2D eigenvalue weighted by Crippen LogP contribution is -2.43. The smallest absolute Gasteiger partial charge is 0.411 e. The van der Waals surface area contributed by atoms with E-state index in [0.717, 1.165) is 0 Å². The van der Waals surface area contributed by atoms with Gasteiger partial charge in [-0.3, -0.25) is 4.90 Å². The van der Waals surface area contributed by atoms with Crippen molar-refractivity contribution in [2.45, 2.75) is 58.6 Å². The standard InChI is InChI=1S/C15H25NO5/c1-10(17)6-7-11-8-12(13(18)20-5)16(9-11)14(19)21-15(2,3)4/h11-12H,6-9H2,1-5H3. The maximum Gasteiger partial charge on any atom is 0.411 e. The highest BCUT2D eigenvalue weighted by Crippen LogP contribution is 2.29. The Labute approximate surface area is 125 Å². The zero-order valence-electron chi connectivity index (χ0n) is 13.5. The lowest BCUT2D eigenvalue weighted by molar-refractivity contribution is -0.145. The molecule has 120 valence electrons. The first-order valence-electron chi connectivity index (χ1n) is 7.21. The number of methoxy groups -OCH3 is 1. The molecule has 1 aliphatic heterocycles. The molecule has 6 nitrogen and oxygen atoms in total. The van der Waals surface area contributed by atoms with E-state index in [-0.39, 0.29) is 11.7 Å². The van der Waals surface area contributed by atoms with Gasteiger partial charge in [0.25, 0.3) is 0 Å². The van der Waals surface area contributed by atoms with Gasteiger partial charge < -0.3 is 14.3 Å². The van der Waals surface area contributed by atoms with E-state index in [1.165, 1.54) is 12.0 Å². The Hall–Kier alpha value is -1.59. The van der Waals surface area contributed by atoms with Crippen molar-refractivity contribution in [2.75, 3.05) is 13.7 Å². The normalized spacial score (nSPS) is 22.0. The van der Waals surface area contributed by atoms with Crippen LogP contribution in [0.25, 0.3) is 0 Å². The summed E-state index contributed by atoms with van der Waals surface area (Å²) in [6.45, 7) is 7.30. The van der Waals surface area contributed by atoms with E-state index in [1.54, 1.807) is 27.7 Å². The van der Waals surface area contributed by atoms with Gasteiger partial charge in [-0.2, -0.15) is 0 Å². The highest BCUT2D eigenvalue weighted by atomic mass is 16.6. The second kappa shape index (κ2) is 6.91. The number of rotatable bonds is 4. The average Bonchev–Trinajstić information content (AvgIpc) is 2.77. The number of amides is 1. The van der Waals surface area contributed by atoms with Gasteiger partial charge in [-0.05, 0) is 46.5 Å². The third kappa shape index (κ3) is 5.36.